The first-order valence-electron chi connectivity index (χ1n) is 7.99. The molecule has 1 heterocycles. The molecule has 1 saturated carbocycles. The summed E-state index contributed by atoms with van der Waals surface area (Å²) in [5, 5.41) is 0. The van der Waals surface area contributed by atoms with Gasteiger partial charge in [0.2, 0.25) is 10.0 Å². The van der Waals surface area contributed by atoms with E-state index >= 15 is 0 Å². The Morgan fingerprint density at radius 1 is 1.22 bits per heavy atom. The van der Waals surface area contributed by atoms with Crippen LogP contribution in [0, 0.1) is 0 Å². The molecule has 1 spiro atoms. The second kappa shape index (κ2) is 6.76. The zero-order valence-electron chi connectivity index (χ0n) is 13.3. The van der Waals surface area contributed by atoms with Gasteiger partial charge in [0.1, 0.15) is 5.75 Å². The maximum atomic E-state index is 12.3. The van der Waals surface area contributed by atoms with Gasteiger partial charge in [0.05, 0.1) is 24.7 Å². The third-order valence-electron chi connectivity index (χ3n) is 4.40. The molecule has 1 aromatic rings. The molecule has 1 aromatic carbocycles. The van der Waals surface area contributed by atoms with Gasteiger partial charge in [0, 0.05) is 19.4 Å². The van der Waals surface area contributed by atoms with Gasteiger partial charge in [0.25, 0.3) is 0 Å². The Hall–Kier alpha value is -1.15. The van der Waals surface area contributed by atoms with Gasteiger partial charge in [-0.1, -0.05) is 6.42 Å². The monoisotopic (exact) mass is 341 g/mol. The molecule has 0 radical (unpaired) electrons. The van der Waals surface area contributed by atoms with Crippen molar-refractivity contribution in [2.75, 3.05) is 20.3 Å². The van der Waals surface area contributed by atoms with Gasteiger partial charge in [0.15, 0.2) is 5.79 Å². The highest BCUT2D eigenvalue weighted by molar-refractivity contribution is 7.89. The molecule has 2 aliphatic rings. The summed E-state index contributed by atoms with van der Waals surface area (Å²) in [4.78, 5) is 0.213. The second-order valence-corrected chi connectivity index (χ2v) is 7.82. The highest BCUT2D eigenvalue weighted by atomic mass is 32.2. The lowest BCUT2D eigenvalue weighted by atomic mass is 9.94. The number of rotatable bonds is 5. The van der Waals surface area contributed by atoms with Crippen LogP contribution in [0.5, 0.6) is 5.75 Å². The van der Waals surface area contributed by atoms with Gasteiger partial charge < -0.3 is 14.2 Å². The molecule has 7 heteroatoms. The quantitative estimate of drug-likeness (QED) is 0.887. The third-order valence-corrected chi connectivity index (χ3v) is 5.84. The molecule has 1 saturated heterocycles. The van der Waals surface area contributed by atoms with Crippen LogP contribution in [-0.4, -0.2) is 40.6 Å². The Morgan fingerprint density at radius 2 is 1.91 bits per heavy atom. The molecule has 2 fully saturated rings. The first kappa shape index (κ1) is 16.7. The molecule has 1 N–H and O–H groups in total. The molecule has 0 aromatic heterocycles. The molecule has 1 atom stereocenters. The molecule has 1 aliphatic carbocycles. The third kappa shape index (κ3) is 3.85. The van der Waals surface area contributed by atoms with Crippen LogP contribution in [-0.2, 0) is 19.5 Å². The Balaban J connectivity index is 1.57. The number of sulfonamides is 1. The SMILES string of the molecule is COc1ccc(S(=O)(=O)NC[C@H]2COC3(CCCCC3)O2)cc1. The largest absolute Gasteiger partial charge is 0.497 e. The first-order chi connectivity index (χ1) is 11.0. The van der Waals surface area contributed by atoms with Crippen LogP contribution in [0.1, 0.15) is 32.1 Å². The normalized spacial score (nSPS) is 24.0. The van der Waals surface area contributed by atoms with E-state index < -0.39 is 15.8 Å². The summed E-state index contributed by atoms with van der Waals surface area (Å²) in [6.07, 6.45) is 4.97. The second-order valence-electron chi connectivity index (χ2n) is 6.05. The Kier molecular flexibility index (Phi) is 4.91. The Morgan fingerprint density at radius 3 is 2.57 bits per heavy atom. The average molecular weight is 341 g/mol. The molecule has 0 unspecified atom stereocenters. The number of hydrogen-bond donors (Lipinski definition) is 1. The van der Waals surface area contributed by atoms with E-state index in [4.69, 9.17) is 14.2 Å². The Labute approximate surface area is 137 Å². The van der Waals surface area contributed by atoms with E-state index in [1.54, 1.807) is 19.2 Å². The number of methoxy groups -OCH3 is 1. The fourth-order valence-corrected chi connectivity index (χ4v) is 4.18. The van der Waals surface area contributed by atoms with Gasteiger partial charge >= 0.3 is 0 Å². The number of benzene rings is 1. The molecule has 23 heavy (non-hydrogen) atoms. The van der Waals surface area contributed by atoms with Crippen LogP contribution >= 0.6 is 0 Å². The predicted molar refractivity (Wildman–Crippen MR) is 84.8 cm³/mol. The fraction of sp³-hybridized carbons (Fsp3) is 0.625. The molecule has 0 bridgehead atoms. The molecule has 0 amide bonds. The van der Waals surface area contributed by atoms with Crippen molar-refractivity contribution in [1.82, 2.24) is 4.72 Å². The smallest absolute Gasteiger partial charge is 0.240 e. The van der Waals surface area contributed by atoms with E-state index in [9.17, 15) is 8.42 Å². The molecule has 6 nitrogen and oxygen atoms in total. The summed E-state index contributed by atoms with van der Waals surface area (Å²) in [5.74, 6) is 0.143. The van der Waals surface area contributed by atoms with Crippen molar-refractivity contribution in [3.05, 3.63) is 24.3 Å². The van der Waals surface area contributed by atoms with E-state index in [1.807, 2.05) is 0 Å². The van der Waals surface area contributed by atoms with Crippen LogP contribution < -0.4 is 9.46 Å². The molecular formula is C16H23NO5S. The summed E-state index contributed by atoms with van der Waals surface area (Å²) in [7, 11) is -2.01. The average Bonchev–Trinajstić information content (AvgIpc) is 2.96. The van der Waals surface area contributed by atoms with Crippen molar-refractivity contribution >= 4 is 10.0 Å². The summed E-state index contributed by atoms with van der Waals surface area (Å²) in [6.45, 7) is 0.654. The van der Waals surface area contributed by atoms with E-state index in [0.29, 0.717) is 12.4 Å². The topological polar surface area (TPSA) is 73.9 Å². The van der Waals surface area contributed by atoms with Gasteiger partial charge in [-0.2, -0.15) is 0 Å². The van der Waals surface area contributed by atoms with Crippen LogP contribution in [0.2, 0.25) is 0 Å². The minimum Gasteiger partial charge on any atom is -0.497 e. The fourth-order valence-electron chi connectivity index (χ4n) is 3.11. The molecule has 128 valence electrons. The highest BCUT2D eigenvalue weighted by Gasteiger charge is 2.42. The lowest BCUT2D eigenvalue weighted by molar-refractivity contribution is -0.186. The van der Waals surface area contributed by atoms with Crippen molar-refractivity contribution < 1.29 is 22.6 Å². The summed E-state index contributed by atoms with van der Waals surface area (Å²) < 4.78 is 44.1. The van der Waals surface area contributed by atoms with Crippen molar-refractivity contribution in [3.8, 4) is 5.75 Å². The lowest BCUT2D eigenvalue weighted by Crippen LogP contribution is -2.37. The summed E-state index contributed by atoms with van der Waals surface area (Å²) in [5.41, 5.74) is 0. The lowest BCUT2D eigenvalue weighted by Gasteiger charge is -2.31. The van der Waals surface area contributed by atoms with Crippen molar-refractivity contribution in [2.45, 2.75) is 48.9 Å². The predicted octanol–water partition coefficient (Wildman–Crippen LogP) is 2.05. The standard InChI is InChI=1S/C16H23NO5S/c1-20-13-5-7-15(8-6-13)23(18,19)17-11-14-12-21-16(22-14)9-3-2-4-10-16/h5-8,14,17H,2-4,9-12H2,1H3/t14-/m0/s1. The zero-order valence-corrected chi connectivity index (χ0v) is 14.1. The summed E-state index contributed by atoms with van der Waals surface area (Å²) in [6, 6.07) is 6.30. The first-order valence-corrected chi connectivity index (χ1v) is 9.47. The van der Waals surface area contributed by atoms with E-state index in [2.05, 4.69) is 4.72 Å². The van der Waals surface area contributed by atoms with Gasteiger partial charge in [-0.25, -0.2) is 13.1 Å². The van der Waals surface area contributed by atoms with Gasteiger partial charge in [-0.15, -0.1) is 0 Å². The molecule has 1 aliphatic heterocycles. The minimum absolute atomic E-state index is 0.213. The van der Waals surface area contributed by atoms with E-state index in [1.165, 1.54) is 18.6 Å². The van der Waals surface area contributed by atoms with Crippen LogP contribution in [0.25, 0.3) is 0 Å². The zero-order chi connectivity index (χ0) is 16.3. The van der Waals surface area contributed by atoms with Crippen LogP contribution in [0.3, 0.4) is 0 Å². The van der Waals surface area contributed by atoms with Crippen molar-refractivity contribution in [2.24, 2.45) is 0 Å². The van der Waals surface area contributed by atoms with Crippen LogP contribution in [0.4, 0.5) is 0 Å². The van der Waals surface area contributed by atoms with E-state index in [0.717, 1.165) is 25.7 Å². The van der Waals surface area contributed by atoms with Gasteiger partial charge in [-0.3, -0.25) is 0 Å². The minimum atomic E-state index is -3.56. The number of nitrogens with one attached hydrogen (secondary N) is 1. The molecular weight excluding hydrogens is 318 g/mol. The number of ether oxygens (including phenoxy) is 3. The van der Waals surface area contributed by atoms with Gasteiger partial charge in [-0.05, 0) is 37.1 Å². The Bertz CT molecular complexity index is 622. The maximum Gasteiger partial charge on any atom is 0.240 e. The van der Waals surface area contributed by atoms with Crippen LogP contribution in [0.15, 0.2) is 29.2 Å². The molecule has 3 rings (SSSR count). The van der Waals surface area contributed by atoms with Crippen molar-refractivity contribution in [3.63, 3.8) is 0 Å². The van der Waals surface area contributed by atoms with Crippen molar-refractivity contribution in [1.29, 1.82) is 0 Å². The van der Waals surface area contributed by atoms with E-state index in [-0.39, 0.29) is 17.5 Å². The number of hydrogen-bond acceptors (Lipinski definition) is 5. The maximum absolute atomic E-state index is 12.3. The summed E-state index contributed by atoms with van der Waals surface area (Å²) >= 11 is 0. The highest BCUT2D eigenvalue weighted by Crippen LogP contribution is 2.37.